The molecule has 15 heavy (non-hydrogen) atoms. The van der Waals surface area contributed by atoms with Crippen molar-refractivity contribution >= 4 is 11.8 Å². The Hall–Kier alpha value is -0.480. The molecule has 0 saturated heterocycles. The van der Waals surface area contributed by atoms with Crippen LogP contribution in [0.15, 0.2) is 0 Å². The van der Waals surface area contributed by atoms with Gasteiger partial charge in [0.1, 0.15) is 0 Å². The maximum absolute atomic E-state index is 5.93. The van der Waals surface area contributed by atoms with Gasteiger partial charge in [-0.05, 0) is 39.2 Å². The van der Waals surface area contributed by atoms with Crippen molar-refractivity contribution in [2.75, 3.05) is 12.0 Å². The van der Waals surface area contributed by atoms with E-state index in [0.29, 0.717) is 0 Å². The van der Waals surface area contributed by atoms with Crippen molar-refractivity contribution in [3.05, 3.63) is 17.0 Å². The molecule has 0 amide bonds. The zero-order chi connectivity index (χ0) is 11.4. The molecule has 0 aliphatic rings. The molecule has 1 rings (SSSR count). The molecule has 86 valence electrons. The number of thioether (sulfide) groups is 1. The van der Waals surface area contributed by atoms with E-state index in [2.05, 4.69) is 23.0 Å². The van der Waals surface area contributed by atoms with Crippen molar-refractivity contribution in [3.63, 3.8) is 0 Å². The summed E-state index contributed by atoms with van der Waals surface area (Å²) in [7, 11) is 0. The minimum absolute atomic E-state index is 0.0827. The van der Waals surface area contributed by atoms with Gasteiger partial charge in [-0.25, -0.2) is 0 Å². The average molecular weight is 227 g/mol. The van der Waals surface area contributed by atoms with Gasteiger partial charge >= 0.3 is 0 Å². The fourth-order valence-corrected chi connectivity index (χ4v) is 2.36. The second-order valence-electron chi connectivity index (χ2n) is 3.94. The number of aryl methyl sites for hydroxylation is 2. The highest BCUT2D eigenvalue weighted by Gasteiger charge is 2.13. The molecule has 0 spiro atoms. The lowest BCUT2D eigenvalue weighted by Crippen LogP contribution is -2.08. The molecule has 0 fully saturated rings. The molecule has 0 radical (unpaired) electrons. The van der Waals surface area contributed by atoms with Crippen LogP contribution < -0.4 is 5.73 Å². The van der Waals surface area contributed by atoms with E-state index in [9.17, 15) is 0 Å². The summed E-state index contributed by atoms with van der Waals surface area (Å²) in [5.41, 5.74) is 9.43. The summed E-state index contributed by atoms with van der Waals surface area (Å²) in [5.74, 6) is 1.19. The van der Waals surface area contributed by atoms with Crippen LogP contribution in [0.25, 0.3) is 0 Å². The van der Waals surface area contributed by atoms with Gasteiger partial charge in [0.15, 0.2) is 0 Å². The van der Waals surface area contributed by atoms with Crippen LogP contribution in [0, 0.1) is 13.8 Å². The number of nitrogens with zero attached hydrogens (tertiary/aromatic N) is 2. The van der Waals surface area contributed by atoms with Gasteiger partial charge in [-0.3, -0.25) is 4.68 Å². The van der Waals surface area contributed by atoms with Crippen molar-refractivity contribution in [3.8, 4) is 0 Å². The number of hydrogen-bond donors (Lipinski definition) is 1. The van der Waals surface area contributed by atoms with E-state index >= 15 is 0 Å². The van der Waals surface area contributed by atoms with E-state index in [-0.39, 0.29) is 6.04 Å². The van der Waals surface area contributed by atoms with Crippen LogP contribution in [0.1, 0.15) is 36.3 Å². The predicted molar refractivity (Wildman–Crippen MR) is 67.3 cm³/mol. The Labute approximate surface area is 96.4 Å². The van der Waals surface area contributed by atoms with Gasteiger partial charge in [0.25, 0.3) is 0 Å². The van der Waals surface area contributed by atoms with Crippen LogP contribution in [-0.4, -0.2) is 21.8 Å². The van der Waals surface area contributed by atoms with Crippen molar-refractivity contribution in [1.82, 2.24) is 9.78 Å². The fourth-order valence-electron chi connectivity index (χ4n) is 1.95. The van der Waals surface area contributed by atoms with Crippen LogP contribution in [0.2, 0.25) is 0 Å². The van der Waals surface area contributed by atoms with Crippen molar-refractivity contribution in [2.45, 2.75) is 39.8 Å². The molecule has 0 aliphatic heterocycles. The smallest absolute Gasteiger partial charge is 0.0644 e. The maximum Gasteiger partial charge on any atom is 0.0644 e. The lowest BCUT2D eigenvalue weighted by atomic mass is 10.1. The van der Waals surface area contributed by atoms with Crippen molar-refractivity contribution in [1.29, 1.82) is 0 Å². The second kappa shape index (κ2) is 5.56. The van der Waals surface area contributed by atoms with Crippen LogP contribution in [-0.2, 0) is 6.54 Å². The molecule has 0 aliphatic carbocycles. The van der Waals surface area contributed by atoms with E-state index in [1.54, 1.807) is 0 Å². The van der Waals surface area contributed by atoms with Crippen LogP contribution in [0.5, 0.6) is 0 Å². The lowest BCUT2D eigenvalue weighted by Gasteiger charge is -2.07. The number of rotatable bonds is 5. The largest absolute Gasteiger partial charge is 0.324 e. The van der Waals surface area contributed by atoms with E-state index in [4.69, 9.17) is 5.73 Å². The summed E-state index contributed by atoms with van der Waals surface area (Å²) in [6, 6.07) is 0.0827. The number of nitrogens with two attached hydrogens (primary N) is 1. The van der Waals surface area contributed by atoms with E-state index < -0.39 is 0 Å². The molecule has 1 aromatic heterocycles. The van der Waals surface area contributed by atoms with E-state index in [0.717, 1.165) is 12.2 Å². The van der Waals surface area contributed by atoms with E-state index in [1.165, 1.54) is 23.4 Å². The topological polar surface area (TPSA) is 43.8 Å². The minimum atomic E-state index is 0.0827. The fraction of sp³-hybridized carbons (Fsp3) is 0.727. The van der Waals surface area contributed by atoms with Crippen molar-refractivity contribution < 1.29 is 0 Å². The first-order chi connectivity index (χ1) is 7.07. The molecule has 4 heteroatoms. The molecule has 0 bridgehead atoms. The van der Waals surface area contributed by atoms with Gasteiger partial charge in [-0.1, -0.05) is 0 Å². The highest BCUT2D eigenvalue weighted by molar-refractivity contribution is 7.98. The third-order valence-electron chi connectivity index (χ3n) is 2.61. The lowest BCUT2D eigenvalue weighted by molar-refractivity contribution is 0.585. The van der Waals surface area contributed by atoms with Crippen molar-refractivity contribution in [2.24, 2.45) is 5.73 Å². The average Bonchev–Trinajstić information content (AvgIpc) is 2.42. The van der Waals surface area contributed by atoms with Gasteiger partial charge < -0.3 is 5.73 Å². The SMILES string of the molecule is CSCCCn1nc(C)c(C(C)N)c1C. The Morgan fingerprint density at radius 3 is 2.60 bits per heavy atom. The minimum Gasteiger partial charge on any atom is -0.324 e. The summed E-state index contributed by atoms with van der Waals surface area (Å²) in [4.78, 5) is 0. The first-order valence-electron chi connectivity index (χ1n) is 5.36. The molecular formula is C11H21N3S. The molecule has 1 unspecified atom stereocenters. The van der Waals surface area contributed by atoms with Gasteiger partial charge in [-0.2, -0.15) is 16.9 Å². The third kappa shape index (κ3) is 2.98. The molecule has 2 N–H and O–H groups in total. The monoisotopic (exact) mass is 227 g/mol. The summed E-state index contributed by atoms with van der Waals surface area (Å²) in [6.45, 7) is 7.16. The highest BCUT2D eigenvalue weighted by Crippen LogP contribution is 2.19. The third-order valence-corrected chi connectivity index (χ3v) is 3.31. The quantitative estimate of drug-likeness (QED) is 0.785. The standard InChI is InChI=1S/C11H21N3S/c1-8(12)11-9(2)13-14(10(11)3)6-5-7-15-4/h8H,5-7,12H2,1-4H3. The zero-order valence-electron chi connectivity index (χ0n) is 10.1. The summed E-state index contributed by atoms with van der Waals surface area (Å²) < 4.78 is 2.09. The summed E-state index contributed by atoms with van der Waals surface area (Å²) >= 11 is 1.88. The van der Waals surface area contributed by atoms with Crippen LogP contribution >= 0.6 is 11.8 Å². The molecule has 1 aromatic rings. The van der Waals surface area contributed by atoms with Gasteiger partial charge in [-0.15, -0.1) is 0 Å². The molecule has 3 nitrogen and oxygen atoms in total. The Morgan fingerprint density at radius 1 is 1.47 bits per heavy atom. The van der Waals surface area contributed by atoms with Crippen LogP contribution in [0.3, 0.4) is 0 Å². The zero-order valence-corrected chi connectivity index (χ0v) is 10.9. The maximum atomic E-state index is 5.93. The normalized spacial score (nSPS) is 13.1. The summed E-state index contributed by atoms with van der Waals surface area (Å²) in [5, 5.41) is 4.53. The van der Waals surface area contributed by atoms with Gasteiger partial charge in [0.2, 0.25) is 0 Å². The number of hydrogen-bond acceptors (Lipinski definition) is 3. The Morgan fingerprint density at radius 2 is 2.13 bits per heavy atom. The first-order valence-corrected chi connectivity index (χ1v) is 6.75. The predicted octanol–water partition coefficient (Wildman–Crippen LogP) is 2.27. The Balaban J connectivity index is 2.77. The molecular weight excluding hydrogens is 206 g/mol. The van der Waals surface area contributed by atoms with Gasteiger partial charge in [0.05, 0.1) is 5.69 Å². The Kier molecular flexibility index (Phi) is 4.67. The first kappa shape index (κ1) is 12.6. The van der Waals surface area contributed by atoms with E-state index in [1.807, 2.05) is 25.6 Å². The Bertz CT molecular complexity index is 318. The van der Waals surface area contributed by atoms with Gasteiger partial charge in [0, 0.05) is 23.8 Å². The molecule has 1 atom stereocenters. The van der Waals surface area contributed by atoms with Crippen LogP contribution in [0.4, 0.5) is 0 Å². The molecule has 0 saturated carbocycles. The molecule has 0 aromatic carbocycles. The highest BCUT2D eigenvalue weighted by atomic mass is 32.2. The second-order valence-corrected chi connectivity index (χ2v) is 4.93. The summed E-state index contributed by atoms with van der Waals surface area (Å²) in [6.07, 6.45) is 3.30. The number of aromatic nitrogens is 2. The molecule has 1 heterocycles.